The molecule has 76 heavy (non-hydrogen) atoms. The highest BCUT2D eigenvalue weighted by Gasteiger charge is 2.35. The predicted molar refractivity (Wildman–Crippen MR) is 292 cm³/mol. The van der Waals surface area contributed by atoms with Gasteiger partial charge in [-0.3, -0.25) is 33.3 Å². The fourth-order valence-corrected chi connectivity index (χ4v) is 10.4. The van der Waals surface area contributed by atoms with Crippen LogP contribution in [0, 0.1) is 11.8 Å². The van der Waals surface area contributed by atoms with Gasteiger partial charge in [0.25, 0.3) is 0 Å². The van der Waals surface area contributed by atoms with Gasteiger partial charge < -0.3 is 34.3 Å². The number of halogens is 3. The first-order chi connectivity index (χ1) is 36.7. The third-order valence-corrected chi connectivity index (χ3v) is 15.2. The van der Waals surface area contributed by atoms with Crippen molar-refractivity contribution in [3.63, 3.8) is 0 Å². The Morgan fingerprint density at radius 1 is 0.934 bits per heavy atom. The monoisotopic (exact) mass is 1060 g/mol. The summed E-state index contributed by atoms with van der Waals surface area (Å²) in [5, 5.41) is 9.00. The van der Waals surface area contributed by atoms with Gasteiger partial charge in [-0.1, -0.05) is 31.6 Å². The van der Waals surface area contributed by atoms with E-state index in [9.17, 15) is 22.8 Å². The number of piperidine rings is 2. The number of aromatic nitrogens is 2. The van der Waals surface area contributed by atoms with Crippen molar-refractivity contribution in [3.8, 4) is 5.69 Å². The Morgan fingerprint density at radius 2 is 1.63 bits per heavy atom. The molecule has 2 amide bonds. The van der Waals surface area contributed by atoms with Crippen molar-refractivity contribution >= 4 is 37.7 Å². The number of piperazine rings is 1. The van der Waals surface area contributed by atoms with Crippen molar-refractivity contribution in [2.45, 2.75) is 96.5 Å². The molecule has 1 aliphatic carbocycles. The van der Waals surface area contributed by atoms with Crippen molar-refractivity contribution in [2.24, 2.45) is 22.0 Å². The maximum atomic E-state index is 14.5. The van der Waals surface area contributed by atoms with E-state index in [1.807, 2.05) is 24.1 Å². The lowest BCUT2D eigenvalue weighted by atomic mass is 9.90. The lowest BCUT2D eigenvalue weighted by molar-refractivity contribution is -0.136. The van der Waals surface area contributed by atoms with Crippen LogP contribution < -0.4 is 11.0 Å². The van der Waals surface area contributed by atoms with Gasteiger partial charge in [0.05, 0.1) is 29.5 Å². The Bertz CT molecular complexity index is 2440. The van der Waals surface area contributed by atoms with E-state index >= 15 is 0 Å². The maximum Gasteiger partial charge on any atom is 0.418 e. The first kappa shape index (κ1) is 59.7. The molecule has 0 spiro atoms. The minimum atomic E-state index is -4.63. The maximum absolute atomic E-state index is 14.5. The van der Waals surface area contributed by atoms with Crippen LogP contribution in [0.1, 0.15) is 81.9 Å². The van der Waals surface area contributed by atoms with Crippen LogP contribution >= 0.6 is 0 Å². The van der Waals surface area contributed by atoms with Gasteiger partial charge in [0.2, 0.25) is 12.8 Å². The molecular formula is C56H82F3N11O6. The summed E-state index contributed by atoms with van der Waals surface area (Å²) in [6.45, 7) is 22.1. The lowest BCUT2D eigenvalue weighted by Crippen LogP contribution is -2.48. The number of carbonyl (C=O) groups excluding carboxylic acids is 3. The SMILES string of the molecule is C1COC1.C=N/N=C\N(C)CCc1cccc(-n2cc3c(C(F)(F)F)cc(CN4CCC(OCCN5CCC(CN6CCN(C7=CCC(C=O)C(CN(C)[C@@H](C)CCC)=C7)CC6)CC5)CC4)cn3c2=O)c1.O=CNC=O. The molecule has 1 unspecified atom stereocenters. The number of carbonyl (C=O) groups is 3. The quantitative estimate of drug-likeness (QED) is 0.0515. The fourth-order valence-electron chi connectivity index (χ4n) is 10.4. The number of likely N-dealkylation sites (tertiary alicyclic amines) is 2. The average Bonchev–Trinajstić information content (AvgIpc) is 3.74. The highest BCUT2D eigenvalue weighted by atomic mass is 19.4. The van der Waals surface area contributed by atoms with Gasteiger partial charge in [0, 0.05) is 129 Å². The Hall–Kier alpha value is -5.51. The Labute approximate surface area is 447 Å². The van der Waals surface area contributed by atoms with Crippen LogP contribution in [0.15, 0.2) is 81.1 Å². The smallest absolute Gasteiger partial charge is 0.381 e. The summed E-state index contributed by atoms with van der Waals surface area (Å²) in [7, 11) is 4.03. The fraction of sp³-hybridized carbons (Fsp3) is 0.607. The van der Waals surface area contributed by atoms with E-state index in [0.29, 0.717) is 75.2 Å². The summed E-state index contributed by atoms with van der Waals surface area (Å²) in [6.07, 6.45) is 15.3. The molecule has 1 N–H and O–H groups in total. The minimum Gasteiger partial charge on any atom is -0.381 e. The van der Waals surface area contributed by atoms with Crippen LogP contribution in [0.25, 0.3) is 11.2 Å². The number of rotatable bonds is 23. The summed E-state index contributed by atoms with van der Waals surface area (Å²) in [5.41, 5.74) is 2.89. The molecule has 4 fully saturated rings. The number of nitrogens with zero attached hydrogens (tertiary/aromatic N) is 10. The van der Waals surface area contributed by atoms with Gasteiger partial charge >= 0.3 is 11.9 Å². The van der Waals surface area contributed by atoms with E-state index in [-0.39, 0.29) is 17.5 Å². The number of ether oxygens (including phenoxy) is 2. The Kier molecular flexibility index (Phi) is 23.9. The second-order valence-electron chi connectivity index (χ2n) is 20.7. The van der Waals surface area contributed by atoms with Crippen molar-refractivity contribution < 1.29 is 37.0 Å². The van der Waals surface area contributed by atoms with Gasteiger partial charge in [-0.2, -0.15) is 18.3 Å². The third kappa shape index (κ3) is 18.0. The zero-order chi connectivity index (χ0) is 54.5. The number of pyridine rings is 1. The van der Waals surface area contributed by atoms with Crippen molar-refractivity contribution in [2.75, 3.05) is 112 Å². The first-order valence-corrected chi connectivity index (χ1v) is 27.2. The number of nitrogens with one attached hydrogen (secondary N) is 1. The molecule has 0 bridgehead atoms. The van der Waals surface area contributed by atoms with Gasteiger partial charge in [-0.05, 0) is 125 Å². The van der Waals surface area contributed by atoms with E-state index in [1.165, 1.54) is 47.4 Å². The number of alkyl halides is 3. The zero-order valence-electron chi connectivity index (χ0n) is 45.3. The topological polar surface area (TPSA) is 152 Å². The van der Waals surface area contributed by atoms with Gasteiger partial charge in [0.15, 0.2) is 0 Å². The average molecular weight is 1060 g/mol. The molecule has 418 valence electrons. The van der Waals surface area contributed by atoms with Gasteiger partial charge in [-0.25, -0.2) is 4.79 Å². The highest BCUT2D eigenvalue weighted by molar-refractivity contribution is 5.67. The molecule has 0 saturated carbocycles. The molecule has 1 aromatic carbocycles. The summed E-state index contributed by atoms with van der Waals surface area (Å²) in [5.74, 6) is 0.689. The molecule has 4 aliphatic heterocycles. The number of amides is 2. The number of hydrogen-bond donors (Lipinski definition) is 1. The normalized spacial score (nSPS) is 19.7. The molecule has 2 atom stereocenters. The second-order valence-corrected chi connectivity index (χ2v) is 20.7. The van der Waals surface area contributed by atoms with Crippen LogP contribution in [0.2, 0.25) is 0 Å². The van der Waals surface area contributed by atoms with Gasteiger partial charge in [-0.15, -0.1) is 5.10 Å². The third-order valence-electron chi connectivity index (χ3n) is 15.2. The lowest BCUT2D eigenvalue weighted by Gasteiger charge is -2.41. The molecule has 8 rings (SSSR count). The molecule has 0 radical (unpaired) electrons. The number of likely N-dealkylation sites (N-methyl/N-ethyl adjacent to an activating group) is 2. The molecule has 5 aliphatic rings. The molecule has 17 nitrogen and oxygen atoms in total. The van der Waals surface area contributed by atoms with E-state index in [0.717, 1.165) is 120 Å². The van der Waals surface area contributed by atoms with Crippen LogP contribution in [-0.4, -0.2) is 195 Å². The summed E-state index contributed by atoms with van der Waals surface area (Å²) in [6, 6.07) is 8.98. The summed E-state index contributed by atoms with van der Waals surface area (Å²) in [4.78, 5) is 57.8. The molecule has 20 heteroatoms. The van der Waals surface area contributed by atoms with Crippen LogP contribution in [-0.2, 0) is 43.0 Å². The second kappa shape index (κ2) is 30.4. The Morgan fingerprint density at radius 3 is 2.25 bits per heavy atom. The summed E-state index contributed by atoms with van der Waals surface area (Å²) >= 11 is 0. The van der Waals surface area contributed by atoms with E-state index < -0.39 is 17.4 Å². The first-order valence-electron chi connectivity index (χ1n) is 27.2. The van der Waals surface area contributed by atoms with E-state index in [1.54, 1.807) is 30.0 Å². The van der Waals surface area contributed by atoms with Gasteiger partial charge in [0.1, 0.15) is 12.6 Å². The van der Waals surface area contributed by atoms with Crippen molar-refractivity contribution in [1.82, 2.24) is 43.7 Å². The molecule has 3 aromatic rings. The number of allylic oxidation sites excluding steroid dienone is 2. The Balaban J connectivity index is 0.000000952. The minimum absolute atomic E-state index is 0.0153. The van der Waals surface area contributed by atoms with E-state index in [4.69, 9.17) is 19.1 Å². The van der Waals surface area contributed by atoms with Crippen LogP contribution in [0.3, 0.4) is 0 Å². The van der Waals surface area contributed by atoms with Crippen LogP contribution in [0.4, 0.5) is 13.2 Å². The summed E-state index contributed by atoms with van der Waals surface area (Å²) < 4.78 is 57.1. The predicted octanol–water partition coefficient (Wildman–Crippen LogP) is 5.98. The zero-order valence-corrected chi connectivity index (χ0v) is 45.3. The van der Waals surface area contributed by atoms with Crippen molar-refractivity contribution in [1.29, 1.82) is 0 Å². The molecule has 2 aromatic heterocycles. The number of imidazole rings is 1. The number of fused-ring (bicyclic) bond motifs is 1. The van der Waals surface area contributed by atoms with Crippen molar-refractivity contribution in [3.05, 3.63) is 93.3 Å². The number of aldehydes is 1. The van der Waals surface area contributed by atoms with Crippen LogP contribution in [0.5, 0.6) is 0 Å². The molecule has 6 heterocycles. The molecule has 4 saturated heterocycles. The standard InChI is InChI=1S/C51H73F3N10O3.C3H6O.C2H3NO2/c1-6-8-39(2)58(5)35-44-31-45(12-11-43(44)37-65)62-25-23-61(24-26-62)32-41-14-19-59(20-15-41)27-28-67-47-16-21-60(22-17-47)33-42-30-48(51(52,53)54)49-36-63(50(66)64(49)34-42)46-10-7-9-40(29-46)13-18-57(4)38-56-55-3;1-2-4-3-1;4-1-3-2-5/h7,9-10,12,29-31,34,36-39,41,43,47H,3,6,8,11,13-28,32-33,35H2,1-2,4-5H3;1-3H2;1-2H,(H,3,4,5)/b56-38-;;/t39-,43?;;/m0../s1. The number of benzene rings is 1. The highest BCUT2D eigenvalue weighted by Crippen LogP contribution is 2.34. The molecular weight excluding hydrogens is 980 g/mol. The number of imide groups is 1. The number of hydrogen-bond acceptors (Lipinski definition) is 13. The van der Waals surface area contributed by atoms with E-state index in [2.05, 4.69) is 74.5 Å². The largest absolute Gasteiger partial charge is 0.418 e.